The van der Waals surface area contributed by atoms with Gasteiger partial charge < -0.3 is 10.1 Å². The summed E-state index contributed by atoms with van der Waals surface area (Å²) in [6.45, 7) is 6.32. The van der Waals surface area contributed by atoms with Crippen LogP contribution in [0.4, 0.5) is 5.69 Å². The SMILES string of the molecule is COC(=O)c1cccc(NC(C)c2ccc(C)cc2C)c1. The number of carbonyl (C=O) groups excluding carboxylic acids is 1. The van der Waals surface area contributed by atoms with E-state index in [-0.39, 0.29) is 12.0 Å². The molecule has 0 radical (unpaired) electrons. The van der Waals surface area contributed by atoms with E-state index in [9.17, 15) is 4.79 Å². The Kier molecular flexibility index (Phi) is 4.63. The number of ether oxygens (including phenoxy) is 1. The zero-order valence-corrected chi connectivity index (χ0v) is 12.9. The number of esters is 1. The minimum Gasteiger partial charge on any atom is -0.465 e. The van der Waals surface area contributed by atoms with Crippen LogP contribution in [0.3, 0.4) is 0 Å². The Hall–Kier alpha value is -2.29. The van der Waals surface area contributed by atoms with Crippen LogP contribution in [0.5, 0.6) is 0 Å². The smallest absolute Gasteiger partial charge is 0.337 e. The summed E-state index contributed by atoms with van der Waals surface area (Å²) < 4.78 is 4.75. The molecular formula is C18H21NO2. The van der Waals surface area contributed by atoms with E-state index in [4.69, 9.17) is 4.74 Å². The fraction of sp³-hybridized carbons (Fsp3) is 0.278. The molecule has 0 aliphatic rings. The second-order valence-corrected chi connectivity index (χ2v) is 5.30. The highest BCUT2D eigenvalue weighted by atomic mass is 16.5. The molecule has 21 heavy (non-hydrogen) atoms. The Morgan fingerprint density at radius 3 is 2.57 bits per heavy atom. The summed E-state index contributed by atoms with van der Waals surface area (Å²) in [5.74, 6) is -0.321. The predicted octanol–water partition coefficient (Wildman–Crippen LogP) is 4.26. The van der Waals surface area contributed by atoms with E-state index in [0.717, 1.165) is 5.69 Å². The normalized spacial score (nSPS) is 11.8. The molecule has 0 aliphatic heterocycles. The van der Waals surface area contributed by atoms with Crippen molar-refractivity contribution in [2.75, 3.05) is 12.4 Å². The van der Waals surface area contributed by atoms with Crippen LogP contribution in [-0.2, 0) is 4.74 Å². The number of methoxy groups -OCH3 is 1. The van der Waals surface area contributed by atoms with Crippen molar-refractivity contribution in [2.45, 2.75) is 26.8 Å². The first-order valence-electron chi connectivity index (χ1n) is 7.03. The summed E-state index contributed by atoms with van der Waals surface area (Å²) in [5.41, 5.74) is 5.24. The van der Waals surface area contributed by atoms with Crippen LogP contribution in [0, 0.1) is 13.8 Å². The zero-order chi connectivity index (χ0) is 15.4. The lowest BCUT2D eigenvalue weighted by Gasteiger charge is -2.18. The van der Waals surface area contributed by atoms with Crippen molar-refractivity contribution in [3.8, 4) is 0 Å². The van der Waals surface area contributed by atoms with E-state index in [1.54, 1.807) is 6.07 Å². The minimum absolute atomic E-state index is 0.165. The lowest BCUT2D eigenvalue weighted by molar-refractivity contribution is 0.0601. The van der Waals surface area contributed by atoms with Crippen molar-refractivity contribution >= 4 is 11.7 Å². The van der Waals surface area contributed by atoms with Crippen molar-refractivity contribution in [3.05, 3.63) is 64.7 Å². The maximum atomic E-state index is 11.6. The molecule has 0 aliphatic carbocycles. The van der Waals surface area contributed by atoms with Crippen LogP contribution < -0.4 is 5.32 Å². The number of benzene rings is 2. The second kappa shape index (κ2) is 6.44. The predicted molar refractivity (Wildman–Crippen MR) is 85.7 cm³/mol. The number of rotatable bonds is 4. The molecule has 0 amide bonds. The summed E-state index contributed by atoms with van der Waals surface area (Å²) in [5, 5.41) is 3.43. The number of hydrogen-bond donors (Lipinski definition) is 1. The second-order valence-electron chi connectivity index (χ2n) is 5.30. The van der Waals surface area contributed by atoms with Crippen molar-refractivity contribution in [2.24, 2.45) is 0 Å². The fourth-order valence-corrected chi connectivity index (χ4v) is 2.49. The Labute approximate surface area is 126 Å². The number of hydrogen-bond acceptors (Lipinski definition) is 3. The number of carbonyl (C=O) groups is 1. The molecule has 2 aromatic carbocycles. The summed E-state index contributed by atoms with van der Waals surface area (Å²) in [6, 6.07) is 14.0. The van der Waals surface area contributed by atoms with Crippen LogP contribution in [0.1, 0.15) is 40.0 Å². The van der Waals surface area contributed by atoms with E-state index in [1.165, 1.54) is 23.8 Å². The zero-order valence-electron chi connectivity index (χ0n) is 12.9. The molecule has 0 saturated carbocycles. The van der Waals surface area contributed by atoms with E-state index < -0.39 is 0 Å². The van der Waals surface area contributed by atoms with Gasteiger partial charge in [0, 0.05) is 11.7 Å². The summed E-state index contributed by atoms with van der Waals surface area (Å²) >= 11 is 0. The van der Waals surface area contributed by atoms with E-state index in [2.05, 4.69) is 44.3 Å². The van der Waals surface area contributed by atoms with Gasteiger partial charge in [-0.05, 0) is 50.1 Å². The molecule has 0 fully saturated rings. The quantitative estimate of drug-likeness (QED) is 0.852. The van der Waals surface area contributed by atoms with Crippen LogP contribution in [0.2, 0.25) is 0 Å². The Morgan fingerprint density at radius 2 is 1.90 bits per heavy atom. The molecule has 0 spiro atoms. The maximum Gasteiger partial charge on any atom is 0.337 e. The molecule has 1 atom stereocenters. The molecule has 0 aromatic heterocycles. The van der Waals surface area contributed by atoms with Gasteiger partial charge in [-0.15, -0.1) is 0 Å². The third kappa shape index (κ3) is 3.63. The molecular weight excluding hydrogens is 262 g/mol. The van der Waals surface area contributed by atoms with Gasteiger partial charge in [-0.25, -0.2) is 4.79 Å². The largest absolute Gasteiger partial charge is 0.465 e. The third-order valence-electron chi connectivity index (χ3n) is 3.56. The van der Waals surface area contributed by atoms with E-state index in [0.29, 0.717) is 5.56 Å². The lowest BCUT2D eigenvalue weighted by atomic mass is 10.00. The molecule has 2 rings (SSSR count). The summed E-state index contributed by atoms with van der Waals surface area (Å²) in [7, 11) is 1.39. The van der Waals surface area contributed by atoms with E-state index >= 15 is 0 Å². The maximum absolute atomic E-state index is 11.6. The van der Waals surface area contributed by atoms with Crippen molar-refractivity contribution in [3.63, 3.8) is 0 Å². The van der Waals surface area contributed by atoms with Gasteiger partial charge in [-0.3, -0.25) is 0 Å². The average molecular weight is 283 g/mol. The minimum atomic E-state index is -0.321. The fourth-order valence-electron chi connectivity index (χ4n) is 2.49. The first-order chi connectivity index (χ1) is 10.0. The highest BCUT2D eigenvalue weighted by Crippen LogP contribution is 2.23. The highest BCUT2D eigenvalue weighted by Gasteiger charge is 2.10. The molecule has 3 nitrogen and oxygen atoms in total. The Bertz CT molecular complexity index is 649. The first kappa shape index (κ1) is 15.1. The standard InChI is InChI=1S/C18H21NO2/c1-12-8-9-17(13(2)10-12)14(3)19-16-7-5-6-15(11-16)18(20)21-4/h5-11,14,19H,1-4H3. The highest BCUT2D eigenvalue weighted by molar-refractivity contribution is 5.90. The molecule has 110 valence electrons. The van der Waals surface area contributed by atoms with Gasteiger partial charge in [0.05, 0.1) is 12.7 Å². The molecule has 0 heterocycles. The van der Waals surface area contributed by atoms with Gasteiger partial charge in [0.1, 0.15) is 0 Å². The topological polar surface area (TPSA) is 38.3 Å². The van der Waals surface area contributed by atoms with Crippen molar-refractivity contribution < 1.29 is 9.53 Å². The third-order valence-corrected chi connectivity index (χ3v) is 3.56. The average Bonchev–Trinajstić information content (AvgIpc) is 2.46. The molecule has 3 heteroatoms. The van der Waals surface area contributed by atoms with Crippen LogP contribution in [0.15, 0.2) is 42.5 Å². The van der Waals surface area contributed by atoms with Crippen LogP contribution in [-0.4, -0.2) is 13.1 Å². The molecule has 0 bridgehead atoms. The number of anilines is 1. The van der Waals surface area contributed by atoms with Gasteiger partial charge in [-0.1, -0.05) is 29.8 Å². The molecule has 1 unspecified atom stereocenters. The van der Waals surface area contributed by atoms with Gasteiger partial charge in [0.2, 0.25) is 0 Å². The summed E-state index contributed by atoms with van der Waals surface area (Å²) in [4.78, 5) is 11.6. The van der Waals surface area contributed by atoms with Crippen molar-refractivity contribution in [1.29, 1.82) is 0 Å². The number of nitrogens with one attached hydrogen (secondary N) is 1. The lowest BCUT2D eigenvalue weighted by Crippen LogP contribution is -2.09. The van der Waals surface area contributed by atoms with E-state index in [1.807, 2.05) is 18.2 Å². The molecule has 0 saturated heterocycles. The van der Waals surface area contributed by atoms with Gasteiger partial charge >= 0.3 is 5.97 Å². The first-order valence-corrected chi connectivity index (χ1v) is 7.03. The van der Waals surface area contributed by atoms with Crippen molar-refractivity contribution in [1.82, 2.24) is 0 Å². The van der Waals surface area contributed by atoms with Gasteiger partial charge in [0.25, 0.3) is 0 Å². The van der Waals surface area contributed by atoms with Crippen LogP contribution >= 0.6 is 0 Å². The Balaban J connectivity index is 2.19. The van der Waals surface area contributed by atoms with Gasteiger partial charge in [0.15, 0.2) is 0 Å². The monoisotopic (exact) mass is 283 g/mol. The summed E-state index contributed by atoms with van der Waals surface area (Å²) in [6.07, 6.45) is 0. The van der Waals surface area contributed by atoms with Gasteiger partial charge in [-0.2, -0.15) is 0 Å². The number of aryl methyl sites for hydroxylation is 2. The molecule has 1 N–H and O–H groups in total. The van der Waals surface area contributed by atoms with Crippen LogP contribution in [0.25, 0.3) is 0 Å². The Morgan fingerprint density at radius 1 is 1.14 bits per heavy atom. The molecule has 2 aromatic rings.